The molecule has 0 aromatic heterocycles. The lowest BCUT2D eigenvalue weighted by molar-refractivity contribution is -0.139. The highest BCUT2D eigenvalue weighted by Gasteiger charge is 2.48. The van der Waals surface area contributed by atoms with Crippen LogP contribution in [0.1, 0.15) is 22.8 Å². The molecule has 78 valence electrons. The van der Waals surface area contributed by atoms with Gasteiger partial charge in [0.05, 0.1) is 11.3 Å². The molecule has 1 N–H and O–H groups in total. The van der Waals surface area contributed by atoms with Crippen molar-refractivity contribution in [3.8, 4) is 0 Å². The van der Waals surface area contributed by atoms with Gasteiger partial charge in [-0.05, 0) is 25.1 Å². The molecule has 0 bridgehead atoms. The standard InChI is InChI=1S/C10H7F2NO2/c1-5(14)6-2-3-8-7(4-6)10(11,12)9(15)13-8/h2-4H,1H3,(H,13,15). The summed E-state index contributed by atoms with van der Waals surface area (Å²) in [5, 5.41) is 2.05. The molecule has 2 rings (SSSR count). The number of halogens is 2. The first-order valence-corrected chi connectivity index (χ1v) is 4.27. The number of carbonyl (C=O) groups excluding carboxylic acids is 2. The topological polar surface area (TPSA) is 46.2 Å². The van der Waals surface area contributed by atoms with Crippen molar-refractivity contribution in [1.29, 1.82) is 0 Å². The predicted octanol–water partition coefficient (Wildman–Crippen LogP) is 1.93. The maximum Gasteiger partial charge on any atom is 0.352 e. The van der Waals surface area contributed by atoms with Gasteiger partial charge in [0.25, 0.3) is 5.91 Å². The van der Waals surface area contributed by atoms with Crippen molar-refractivity contribution in [1.82, 2.24) is 0 Å². The molecular formula is C10H7F2NO2. The van der Waals surface area contributed by atoms with E-state index in [9.17, 15) is 18.4 Å². The number of hydrogen-bond donors (Lipinski definition) is 1. The summed E-state index contributed by atoms with van der Waals surface area (Å²) in [5.74, 6) is -5.20. The van der Waals surface area contributed by atoms with Gasteiger partial charge in [0.15, 0.2) is 5.78 Å². The summed E-state index contributed by atoms with van der Waals surface area (Å²) in [6, 6.07) is 3.77. The molecular weight excluding hydrogens is 204 g/mol. The molecule has 5 heteroatoms. The molecule has 1 aliphatic heterocycles. The van der Waals surface area contributed by atoms with Gasteiger partial charge in [-0.2, -0.15) is 8.78 Å². The van der Waals surface area contributed by atoms with Gasteiger partial charge in [0.1, 0.15) is 0 Å². The second kappa shape index (κ2) is 2.85. The fraction of sp³-hybridized carbons (Fsp3) is 0.200. The van der Waals surface area contributed by atoms with E-state index in [1.807, 2.05) is 0 Å². The number of hydrogen-bond acceptors (Lipinski definition) is 2. The number of ketones is 1. The fourth-order valence-electron chi connectivity index (χ4n) is 1.46. The van der Waals surface area contributed by atoms with Gasteiger partial charge in [0.2, 0.25) is 0 Å². The van der Waals surface area contributed by atoms with Crippen molar-refractivity contribution < 1.29 is 18.4 Å². The lowest BCUT2D eigenvalue weighted by Gasteiger charge is -2.06. The summed E-state index contributed by atoms with van der Waals surface area (Å²) in [4.78, 5) is 21.9. The number of fused-ring (bicyclic) bond motifs is 1. The van der Waals surface area contributed by atoms with Crippen LogP contribution in [0.15, 0.2) is 18.2 Å². The summed E-state index contributed by atoms with van der Waals surface area (Å²) < 4.78 is 26.5. The molecule has 1 aromatic rings. The first-order valence-electron chi connectivity index (χ1n) is 4.27. The highest BCUT2D eigenvalue weighted by molar-refractivity contribution is 6.05. The molecule has 0 radical (unpaired) electrons. The second-order valence-electron chi connectivity index (χ2n) is 3.35. The highest BCUT2D eigenvalue weighted by atomic mass is 19.3. The molecule has 1 aromatic carbocycles. The van der Waals surface area contributed by atoms with E-state index in [1.165, 1.54) is 19.1 Å². The van der Waals surface area contributed by atoms with E-state index < -0.39 is 17.4 Å². The van der Waals surface area contributed by atoms with Crippen molar-refractivity contribution in [2.45, 2.75) is 12.8 Å². The number of benzene rings is 1. The van der Waals surface area contributed by atoms with E-state index in [0.29, 0.717) is 0 Å². The average Bonchev–Trinajstić information content (AvgIpc) is 2.38. The zero-order valence-electron chi connectivity index (χ0n) is 7.80. The van der Waals surface area contributed by atoms with Gasteiger partial charge in [0, 0.05) is 5.56 Å². The Kier molecular flexibility index (Phi) is 1.86. The largest absolute Gasteiger partial charge is 0.352 e. The summed E-state index contributed by atoms with van der Waals surface area (Å²) in [6.07, 6.45) is 0. The Morgan fingerprint density at radius 1 is 1.40 bits per heavy atom. The smallest absolute Gasteiger partial charge is 0.320 e. The van der Waals surface area contributed by atoms with Crippen LogP contribution in [0.25, 0.3) is 0 Å². The molecule has 0 aliphatic carbocycles. The van der Waals surface area contributed by atoms with Crippen molar-refractivity contribution >= 4 is 17.4 Å². The molecule has 0 saturated heterocycles. The van der Waals surface area contributed by atoms with Gasteiger partial charge < -0.3 is 5.32 Å². The quantitative estimate of drug-likeness (QED) is 0.721. The summed E-state index contributed by atoms with van der Waals surface area (Å²) in [5.41, 5.74) is -0.194. The number of amides is 1. The number of alkyl halides is 2. The zero-order valence-corrected chi connectivity index (χ0v) is 7.80. The van der Waals surface area contributed by atoms with Crippen LogP contribution in [0.3, 0.4) is 0 Å². The first-order chi connectivity index (χ1) is 6.93. The maximum atomic E-state index is 13.3. The van der Waals surface area contributed by atoms with Crippen LogP contribution in [-0.2, 0) is 10.7 Å². The van der Waals surface area contributed by atoms with Crippen molar-refractivity contribution in [3.63, 3.8) is 0 Å². The van der Waals surface area contributed by atoms with Gasteiger partial charge in [-0.1, -0.05) is 0 Å². The molecule has 15 heavy (non-hydrogen) atoms. The molecule has 1 aliphatic rings. The van der Waals surface area contributed by atoms with Gasteiger partial charge in [-0.15, -0.1) is 0 Å². The third-order valence-electron chi connectivity index (χ3n) is 2.30. The number of Topliss-reactive ketones (excluding diaryl/α,β-unsaturated/α-hetero) is 1. The minimum atomic E-state index is -3.54. The number of anilines is 1. The van der Waals surface area contributed by atoms with Crippen LogP contribution in [0.5, 0.6) is 0 Å². The monoisotopic (exact) mass is 211 g/mol. The molecule has 3 nitrogen and oxygen atoms in total. The Bertz CT molecular complexity index is 468. The van der Waals surface area contributed by atoms with Crippen LogP contribution in [-0.4, -0.2) is 11.7 Å². The Morgan fingerprint density at radius 2 is 2.07 bits per heavy atom. The predicted molar refractivity (Wildman–Crippen MR) is 49.0 cm³/mol. The molecule has 0 unspecified atom stereocenters. The minimum Gasteiger partial charge on any atom is -0.320 e. The fourth-order valence-corrected chi connectivity index (χ4v) is 1.46. The van der Waals surface area contributed by atoms with Crippen LogP contribution in [0, 0.1) is 0 Å². The Balaban J connectivity index is 2.59. The third kappa shape index (κ3) is 1.31. The van der Waals surface area contributed by atoms with E-state index in [0.717, 1.165) is 6.07 Å². The average molecular weight is 211 g/mol. The number of rotatable bonds is 1. The second-order valence-corrected chi connectivity index (χ2v) is 3.35. The summed E-state index contributed by atoms with van der Waals surface area (Å²) in [6.45, 7) is 1.28. The summed E-state index contributed by atoms with van der Waals surface area (Å²) in [7, 11) is 0. The van der Waals surface area contributed by atoms with Crippen molar-refractivity contribution in [2.75, 3.05) is 5.32 Å². The van der Waals surface area contributed by atoms with E-state index in [4.69, 9.17) is 0 Å². The summed E-state index contributed by atoms with van der Waals surface area (Å²) >= 11 is 0. The van der Waals surface area contributed by atoms with E-state index in [2.05, 4.69) is 5.32 Å². The SMILES string of the molecule is CC(=O)c1ccc2c(c1)C(F)(F)C(=O)N2. The highest BCUT2D eigenvalue weighted by Crippen LogP contribution is 2.40. The Hall–Kier alpha value is -1.78. The van der Waals surface area contributed by atoms with Crippen molar-refractivity contribution in [3.05, 3.63) is 29.3 Å². The van der Waals surface area contributed by atoms with Crippen molar-refractivity contribution in [2.24, 2.45) is 0 Å². The molecule has 0 saturated carbocycles. The van der Waals surface area contributed by atoms with Crippen LogP contribution < -0.4 is 5.32 Å². The lowest BCUT2D eigenvalue weighted by atomic mass is 10.0. The number of carbonyl (C=O) groups is 2. The van der Waals surface area contributed by atoms with Gasteiger partial charge in [-0.3, -0.25) is 9.59 Å². The molecule has 1 amide bonds. The normalized spacial score (nSPS) is 17.1. The van der Waals surface area contributed by atoms with E-state index in [1.54, 1.807) is 0 Å². The van der Waals surface area contributed by atoms with Gasteiger partial charge >= 0.3 is 5.92 Å². The molecule has 0 fully saturated rings. The molecule has 0 atom stereocenters. The third-order valence-corrected chi connectivity index (χ3v) is 2.30. The van der Waals surface area contributed by atoms with E-state index in [-0.39, 0.29) is 17.0 Å². The zero-order chi connectivity index (χ0) is 11.2. The van der Waals surface area contributed by atoms with Crippen LogP contribution in [0.2, 0.25) is 0 Å². The van der Waals surface area contributed by atoms with Crippen LogP contribution >= 0.6 is 0 Å². The lowest BCUT2D eigenvalue weighted by Crippen LogP contribution is -2.23. The van der Waals surface area contributed by atoms with Gasteiger partial charge in [-0.25, -0.2) is 0 Å². The number of nitrogens with one attached hydrogen (secondary N) is 1. The minimum absolute atomic E-state index is 0.0648. The maximum absolute atomic E-state index is 13.3. The van der Waals surface area contributed by atoms with Crippen LogP contribution in [0.4, 0.5) is 14.5 Å². The Labute approximate surface area is 84.1 Å². The van der Waals surface area contributed by atoms with E-state index >= 15 is 0 Å². The Morgan fingerprint density at radius 3 is 2.67 bits per heavy atom. The molecule has 0 spiro atoms. The first kappa shape index (κ1) is 9.76. The molecule has 1 heterocycles.